The van der Waals surface area contributed by atoms with Gasteiger partial charge in [0.2, 0.25) is 0 Å². The lowest BCUT2D eigenvalue weighted by Crippen LogP contribution is -2.50. The molecule has 16 heavy (non-hydrogen) atoms. The fourth-order valence-electron chi connectivity index (χ4n) is 2.81. The minimum Gasteiger partial charge on any atom is -0.481 e. The van der Waals surface area contributed by atoms with Crippen molar-refractivity contribution in [3.05, 3.63) is 12.7 Å². The van der Waals surface area contributed by atoms with Gasteiger partial charge in [-0.15, -0.1) is 0 Å². The molecule has 3 aliphatic rings. The van der Waals surface area contributed by atoms with Gasteiger partial charge in [-0.3, -0.25) is 4.79 Å². The smallest absolute Gasteiger partial charge is 0.410 e. The highest BCUT2D eigenvalue weighted by Crippen LogP contribution is 2.52. The van der Waals surface area contributed by atoms with Gasteiger partial charge in [0.25, 0.3) is 0 Å². The van der Waals surface area contributed by atoms with Gasteiger partial charge in [0, 0.05) is 6.54 Å². The Bertz CT molecular complexity index is 333. The molecule has 0 aromatic rings. The van der Waals surface area contributed by atoms with E-state index in [4.69, 9.17) is 9.84 Å². The highest BCUT2D eigenvalue weighted by atomic mass is 16.6. The number of carboxylic acids is 1. The van der Waals surface area contributed by atoms with Crippen LogP contribution in [0.25, 0.3) is 0 Å². The topological polar surface area (TPSA) is 66.8 Å². The largest absolute Gasteiger partial charge is 0.481 e. The van der Waals surface area contributed by atoms with Crippen molar-refractivity contribution in [2.24, 2.45) is 5.92 Å². The Hall–Kier alpha value is -1.52. The summed E-state index contributed by atoms with van der Waals surface area (Å²) >= 11 is 0. The number of aliphatic carboxylic acids is 1. The molecule has 0 aromatic heterocycles. The van der Waals surface area contributed by atoms with Crippen molar-refractivity contribution in [1.29, 1.82) is 0 Å². The molecule has 2 bridgehead atoms. The standard InChI is InChI=1S/C11H15NO4/c1-2-3-16-10(15)12-7-8-4-11(12,5-8)6-9(13)14/h2,8H,1,3-7H2,(H,13,14). The lowest BCUT2D eigenvalue weighted by Gasteiger charge is -2.40. The second-order valence-electron chi connectivity index (χ2n) is 4.55. The average molecular weight is 225 g/mol. The van der Waals surface area contributed by atoms with Gasteiger partial charge >= 0.3 is 12.1 Å². The number of rotatable bonds is 4. The molecule has 0 spiro atoms. The molecule has 3 fully saturated rings. The zero-order valence-corrected chi connectivity index (χ0v) is 9.02. The predicted molar refractivity (Wildman–Crippen MR) is 56.0 cm³/mol. The maximum Gasteiger partial charge on any atom is 0.410 e. The van der Waals surface area contributed by atoms with Crippen LogP contribution in [-0.2, 0) is 9.53 Å². The van der Waals surface area contributed by atoms with Gasteiger partial charge in [-0.05, 0) is 18.8 Å². The van der Waals surface area contributed by atoms with Crippen LogP contribution in [0.1, 0.15) is 19.3 Å². The molecule has 2 saturated heterocycles. The first-order valence-electron chi connectivity index (χ1n) is 5.34. The van der Waals surface area contributed by atoms with Crippen molar-refractivity contribution in [3.8, 4) is 0 Å². The Kier molecular flexibility index (Phi) is 2.61. The molecule has 2 heterocycles. The molecule has 3 rings (SSSR count). The third-order valence-electron chi connectivity index (χ3n) is 3.38. The van der Waals surface area contributed by atoms with E-state index < -0.39 is 17.6 Å². The second kappa shape index (κ2) is 3.81. The molecule has 0 atom stereocenters. The van der Waals surface area contributed by atoms with Crippen molar-refractivity contribution in [2.75, 3.05) is 13.2 Å². The third kappa shape index (κ3) is 1.66. The molecule has 1 aliphatic carbocycles. The number of amides is 1. The molecule has 5 heteroatoms. The summed E-state index contributed by atoms with van der Waals surface area (Å²) in [5.74, 6) is -0.405. The number of carboxylic acid groups (broad SMARTS) is 1. The molecule has 0 unspecified atom stereocenters. The molecule has 1 saturated carbocycles. The van der Waals surface area contributed by atoms with Gasteiger partial charge in [-0.25, -0.2) is 4.79 Å². The van der Waals surface area contributed by atoms with E-state index in [0.29, 0.717) is 12.5 Å². The second-order valence-corrected chi connectivity index (χ2v) is 4.55. The van der Waals surface area contributed by atoms with Gasteiger partial charge in [-0.1, -0.05) is 12.7 Å². The number of nitrogens with zero attached hydrogens (tertiary/aromatic N) is 1. The van der Waals surface area contributed by atoms with Crippen molar-refractivity contribution in [2.45, 2.75) is 24.8 Å². The van der Waals surface area contributed by atoms with Crippen LogP contribution < -0.4 is 0 Å². The molecule has 1 N–H and O–H groups in total. The monoisotopic (exact) mass is 225 g/mol. The van der Waals surface area contributed by atoms with Crippen LogP contribution >= 0.6 is 0 Å². The van der Waals surface area contributed by atoms with Gasteiger partial charge in [-0.2, -0.15) is 0 Å². The highest BCUT2D eigenvalue weighted by Gasteiger charge is 2.59. The van der Waals surface area contributed by atoms with Crippen LogP contribution in [0, 0.1) is 5.92 Å². The van der Waals surface area contributed by atoms with E-state index in [0.717, 1.165) is 12.8 Å². The third-order valence-corrected chi connectivity index (χ3v) is 3.38. The fourth-order valence-corrected chi connectivity index (χ4v) is 2.81. The van der Waals surface area contributed by atoms with E-state index in [-0.39, 0.29) is 13.0 Å². The minimum atomic E-state index is -0.859. The molecule has 5 nitrogen and oxygen atoms in total. The summed E-state index contributed by atoms with van der Waals surface area (Å²) in [6.07, 6.45) is 2.70. The van der Waals surface area contributed by atoms with E-state index in [2.05, 4.69) is 6.58 Å². The van der Waals surface area contributed by atoms with Crippen molar-refractivity contribution >= 4 is 12.1 Å². The summed E-state index contributed by atoms with van der Waals surface area (Å²) in [6.45, 7) is 4.26. The van der Waals surface area contributed by atoms with Gasteiger partial charge in [0.1, 0.15) is 6.61 Å². The molecule has 0 radical (unpaired) electrons. The highest BCUT2D eigenvalue weighted by molar-refractivity contribution is 5.74. The summed E-state index contributed by atoms with van der Waals surface area (Å²) in [7, 11) is 0. The maximum absolute atomic E-state index is 11.7. The molecular formula is C11H15NO4. The van der Waals surface area contributed by atoms with Crippen LogP contribution in [0.15, 0.2) is 12.7 Å². The van der Waals surface area contributed by atoms with Gasteiger partial charge < -0.3 is 14.7 Å². The number of carbonyl (C=O) groups excluding carboxylic acids is 1. The molecule has 0 aromatic carbocycles. The van der Waals surface area contributed by atoms with Crippen molar-refractivity contribution in [3.63, 3.8) is 0 Å². The van der Waals surface area contributed by atoms with E-state index >= 15 is 0 Å². The van der Waals surface area contributed by atoms with Crippen LogP contribution in [0.5, 0.6) is 0 Å². The normalized spacial score (nSPS) is 30.8. The lowest BCUT2D eigenvalue weighted by molar-refractivity contribution is -0.140. The summed E-state index contributed by atoms with van der Waals surface area (Å²) < 4.78 is 4.95. The number of hydrogen-bond acceptors (Lipinski definition) is 3. The fraction of sp³-hybridized carbons (Fsp3) is 0.636. The quantitative estimate of drug-likeness (QED) is 0.731. The average Bonchev–Trinajstić information content (AvgIpc) is 2.67. The zero-order chi connectivity index (χ0) is 11.8. The summed E-state index contributed by atoms with van der Waals surface area (Å²) in [4.78, 5) is 24.0. The van der Waals surface area contributed by atoms with Crippen LogP contribution in [0.3, 0.4) is 0 Å². The summed E-state index contributed by atoms with van der Waals surface area (Å²) in [5, 5.41) is 8.84. The number of hydrogen-bond donors (Lipinski definition) is 1. The van der Waals surface area contributed by atoms with Crippen molar-refractivity contribution in [1.82, 2.24) is 4.90 Å². The van der Waals surface area contributed by atoms with Crippen LogP contribution in [0.4, 0.5) is 4.79 Å². The van der Waals surface area contributed by atoms with E-state index in [1.165, 1.54) is 6.08 Å². The molecule has 1 amide bonds. The van der Waals surface area contributed by atoms with E-state index in [1.807, 2.05) is 0 Å². The van der Waals surface area contributed by atoms with E-state index in [9.17, 15) is 9.59 Å². The van der Waals surface area contributed by atoms with Crippen molar-refractivity contribution < 1.29 is 19.4 Å². The predicted octanol–water partition coefficient (Wildman–Crippen LogP) is 1.25. The Balaban J connectivity index is 2.01. The van der Waals surface area contributed by atoms with Gasteiger partial charge in [0.15, 0.2) is 0 Å². The summed E-state index contributed by atoms with van der Waals surface area (Å²) in [6, 6.07) is 0. The maximum atomic E-state index is 11.7. The van der Waals surface area contributed by atoms with Crippen LogP contribution in [-0.4, -0.2) is 40.8 Å². The Morgan fingerprint density at radius 1 is 1.56 bits per heavy atom. The van der Waals surface area contributed by atoms with Gasteiger partial charge in [0.05, 0.1) is 12.0 Å². The number of fused-ring (bicyclic) bond motifs is 1. The Morgan fingerprint density at radius 2 is 2.25 bits per heavy atom. The number of carbonyl (C=O) groups is 2. The van der Waals surface area contributed by atoms with E-state index in [1.54, 1.807) is 4.90 Å². The first-order valence-corrected chi connectivity index (χ1v) is 5.34. The minimum absolute atomic E-state index is 0.0205. The first kappa shape index (κ1) is 11.0. The molecular weight excluding hydrogens is 210 g/mol. The SMILES string of the molecule is C=CCOC(=O)N1CC2CC1(CC(=O)O)C2. The molecule has 2 aliphatic heterocycles. The Labute approximate surface area is 93.7 Å². The van der Waals surface area contributed by atoms with Crippen LogP contribution in [0.2, 0.25) is 0 Å². The Morgan fingerprint density at radius 3 is 2.81 bits per heavy atom. The molecule has 88 valence electrons. The summed E-state index contributed by atoms with van der Waals surface area (Å²) in [5.41, 5.74) is -0.477. The zero-order valence-electron chi connectivity index (χ0n) is 9.02. The lowest BCUT2D eigenvalue weighted by atomic mass is 9.71. The number of ether oxygens (including phenoxy) is 1. The first-order chi connectivity index (χ1) is 7.57.